The molecule has 0 aromatic heterocycles. The fraction of sp³-hybridized carbons (Fsp3) is 0.273. The van der Waals surface area contributed by atoms with E-state index in [1.165, 1.54) is 0 Å². The van der Waals surface area contributed by atoms with Gasteiger partial charge in [0.25, 0.3) is 0 Å². The van der Waals surface area contributed by atoms with E-state index in [1.54, 1.807) is 0 Å². The van der Waals surface area contributed by atoms with Gasteiger partial charge >= 0.3 is 0 Å². The third-order valence-corrected chi connectivity index (χ3v) is 1.79. The summed E-state index contributed by atoms with van der Waals surface area (Å²) < 4.78 is 5.36. The number of nitrogen functional groups attached to an aromatic ring is 1. The van der Waals surface area contributed by atoms with E-state index in [4.69, 9.17) is 10.5 Å². The molecular formula is C11H15NO. The fourth-order valence-electron chi connectivity index (χ4n) is 1.17. The zero-order chi connectivity index (χ0) is 9.68. The van der Waals surface area contributed by atoms with Crippen LogP contribution in [0.2, 0.25) is 0 Å². The molecule has 70 valence electrons. The largest absolute Gasteiger partial charge is 0.494 e. The topological polar surface area (TPSA) is 35.2 Å². The zero-order valence-corrected chi connectivity index (χ0v) is 7.92. The second kappa shape index (κ2) is 4.55. The highest BCUT2D eigenvalue weighted by Gasteiger charge is 1.99. The molecule has 1 aromatic carbocycles. The molecular weight excluding hydrogens is 162 g/mol. The van der Waals surface area contributed by atoms with Crippen LogP contribution in [0.15, 0.2) is 30.9 Å². The van der Waals surface area contributed by atoms with E-state index >= 15 is 0 Å². The molecule has 0 aliphatic carbocycles. The van der Waals surface area contributed by atoms with Gasteiger partial charge in [0.15, 0.2) is 0 Å². The van der Waals surface area contributed by atoms with Crippen LogP contribution in [-0.4, -0.2) is 6.61 Å². The lowest BCUT2D eigenvalue weighted by atomic mass is 10.1. The van der Waals surface area contributed by atoms with Crippen LogP contribution in [0.5, 0.6) is 5.75 Å². The highest BCUT2D eigenvalue weighted by Crippen LogP contribution is 2.20. The summed E-state index contributed by atoms with van der Waals surface area (Å²) in [5.41, 5.74) is 7.63. The minimum absolute atomic E-state index is 0.678. The quantitative estimate of drug-likeness (QED) is 0.566. The van der Waals surface area contributed by atoms with Gasteiger partial charge < -0.3 is 10.5 Å². The summed E-state index contributed by atoms with van der Waals surface area (Å²) in [5.74, 6) is 0.869. The van der Waals surface area contributed by atoms with Crippen molar-refractivity contribution in [2.45, 2.75) is 13.3 Å². The first-order chi connectivity index (χ1) is 6.27. The molecule has 0 bridgehead atoms. The van der Waals surface area contributed by atoms with Crippen LogP contribution < -0.4 is 10.5 Å². The Labute approximate surface area is 79.0 Å². The molecule has 0 saturated carbocycles. The number of hydrogen-bond acceptors (Lipinski definition) is 2. The summed E-state index contributed by atoms with van der Waals surface area (Å²) in [7, 11) is 0. The average molecular weight is 177 g/mol. The van der Waals surface area contributed by atoms with Crippen LogP contribution >= 0.6 is 0 Å². The monoisotopic (exact) mass is 177 g/mol. The van der Waals surface area contributed by atoms with Gasteiger partial charge in [0.1, 0.15) is 5.75 Å². The van der Waals surface area contributed by atoms with E-state index in [9.17, 15) is 0 Å². The van der Waals surface area contributed by atoms with Gasteiger partial charge in [-0.25, -0.2) is 0 Å². The van der Waals surface area contributed by atoms with Gasteiger partial charge in [0.05, 0.1) is 6.61 Å². The van der Waals surface area contributed by atoms with E-state index < -0.39 is 0 Å². The predicted octanol–water partition coefficient (Wildman–Crippen LogP) is 2.40. The number of anilines is 1. The van der Waals surface area contributed by atoms with Gasteiger partial charge in [-0.15, -0.1) is 6.58 Å². The minimum atomic E-state index is 0.678. The number of rotatable bonds is 4. The summed E-state index contributed by atoms with van der Waals surface area (Å²) in [5, 5.41) is 0. The molecule has 0 saturated heterocycles. The normalized spacial score (nSPS) is 9.62. The molecule has 2 N–H and O–H groups in total. The van der Waals surface area contributed by atoms with Crippen LogP contribution in [-0.2, 0) is 6.42 Å². The SMILES string of the molecule is C=CCc1cc(OCC)ccc1N. The molecule has 1 aromatic rings. The Hall–Kier alpha value is -1.44. The van der Waals surface area contributed by atoms with Crippen molar-refractivity contribution in [2.75, 3.05) is 12.3 Å². The Balaban J connectivity index is 2.89. The van der Waals surface area contributed by atoms with Crippen molar-refractivity contribution >= 4 is 5.69 Å². The van der Waals surface area contributed by atoms with Crippen molar-refractivity contribution in [1.29, 1.82) is 0 Å². The van der Waals surface area contributed by atoms with Gasteiger partial charge in [-0.3, -0.25) is 0 Å². The first-order valence-corrected chi connectivity index (χ1v) is 4.40. The number of benzene rings is 1. The zero-order valence-electron chi connectivity index (χ0n) is 7.92. The first-order valence-electron chi connectivity index (χ1n) is 4.40. The highest BCUT2D eigenvalue weighted by molar-refractivity contribution is 5.51. The summed E-state index contributed by atoms with van der Waals surface area (Å²) >= 11 is 0. The smallest absolute Gasteiger partial charge is 0.119 e. The standard InChI is InChI=1S/C11H15NO/c1-3-5-9-8-10(13-4-2)6-7-11(9)12/h3,6-8H,1,4-5,12H2,2H3. The lowest BCUT2D eigenvalue weighted by Crippen LogP contribution is -1.96. The number of nitrogens with two attached hydrogens (primary N) is 1. The summed E-state index contributed by atoms with van der Waals surface area (Å²) in [6, 6.07) is 5.70. The third kappa shape index (κ3) is 2.51. The maximum atomic E-state index is 5.77. The van der Waals surface area contributed by atoms with E-state index in [0.717, 1.165) is 23.4 Å². The Morgan fingerprint density at radius 1 is 1.54 bits per heavy atom. The van der Waals surface area contributed by atoms with Crippen LogP contribution in [0.1, 0.15) is 12.5 Å². The van der Waals surface area contributed by atoms with Crippen molar-refractivity contribution < 1.29 is 4.74 Å². The third-order valence-electron chi connectivity index (χ3n) is 1.79. The molecule has 0 radical (unpaired) electrons. The first kappa shape index (κ1) is 9.65. The molecule has 2 nitrogen and oxygen atoms in total. The van der Waals surface area contributed by atoms with Crippen molar-refractivity contribution in [2.24, 2.45) is 0 Å². The van der Waals surface area contributed by atoms with E-state index in [1.807, 2.05) is 31.2 Å². The van der Waals surface area contributed by atoms with Crippen molar-refractivity contribution in [3.8, 4) is 5.75 Å². The van der Waals surface area contributed by atoms with Crippen molar-refractivity contribution in [1.82, 2.24) is 0 Å². The minimum Gasteiger partial charge on any atom is -0.494 e. The van der Waals surface area contributed by atoms with Gasteiger partial charge in [-0.2, -0.15) is 0 Å². The average Bonchev–Trinajstić information content (AvgIpc) is 2.12. The molecule has 13 heavy (non-hydrogen) atoms. The molecule has 0 amide bonds. The predicted molar refractivity (Wildman–Crippen MR) is 55.9 cm³/mol. The summed E-state index contributed by atoms with van der Waals surface area (Å²) in [6.07, 6.45) is 2.62. The molecule has 0 unspecified atom stereocenters. The van der Waals surface area contributed by atoms with E-state index in [2.05, 4.69) is 6.58 Å². The lowest BCUT2D eigenvalue weighted by Gasteiger charge is -2.07. The van der Waals surface area contributed by atoms with E-state index in [0.29, 0.717) is 6.61 Å². The second-order valence-electron chi connectivity index (χ2n) is 2.79. The van der Waals surface area contributed by atoms with Gasteiger partial charge in [0.2, 0.25) is 0 Å². The molecule has 1 rings (SSSR count). The maximum Gasteiger partial charge on any atom is 0.119 e. The fourth-order valence-corrected chi connectivity index (χ4v) is 1.17. The molecule has 0 atom stereocenters. The Morgan fingerprint density at radius 3 is 2.92 bits per heavy atom. The molecule has 0 spiro atoms. The Bertz CT molecular complexity index is 294. The summed E-state index contributed by atoms with van der Waals surface area (Å²) in [6.45, 7) is 6.32. The van der Waals surface area contributed by atoms with Crippen LogP contribution in [0.4, 0.5) is 5.69 Å². The van der Waals surface area contributed by atoms with Crippen LogP contribution in [0.25, 0.3) is 0 Å². The van der Waals surface area contributed by atoms with Gasteiger partial charge in [-0.05, 0) is 37.1 Å². The lowest BCUT2D eigenvalue weighted by molar-refractivity contribution is 0.340. The Kier molecular flexibility index (Phi) is 3.38. The molecule has 0 aliphatic heterocycles. The summed E-state index contributed by atoms with van der Waals surface area (Å²) in [4.78, 5) is 0. The number of hydrogen-bond donors (Lipinski definition) is 1. The van der Waals surface area contributed by atoms with Crippen LogP contribution in [0, 0.1) is 0 Å². The molecule has 2 heteroatoms. The number of ether oxygens (including phenoxy) is 1. The van der Waals surface area contributed by atoms with Crippen molar-refractivity contribution in [3.05, 3.63) is 36.4 Å². The van der Waals surface area contributed by atoms with Crippen LogP contribution in [0.3, 0.4) is 0 Å². The molecule has 0 heterocycles. The van der Waals surface area contributed by atoms with E-state index in [-0.39, 0.29) is 0 Å². The van der Waals surface area contributed by atoms with Gasteiger partial charge in [-0.1, -0.05) is 6.08 Å². The Morgan fingerprint density at radius 2 is 2.31 bits per heavy atom. The maximum absolute atomic E-state index is 5.77. The molecule has 0 fully saturated rings. The van der Waals surface area contributed by atoms with Gasteiger partial charge in [0, 0.05) is 5.69 Å². The highest BCUT2D eigenvalue weighted by atomic mass is 16.5. The number of allylic oxidation sites excluding steroid dienone is 1. The molecule has 0 aliphatic rings. The van der Waals surface area contributed by atoms with Crippen molar-refractivity contribution in [3.63, 3.8) is 0 Å². The second-order valence-corrected chi connectivity index (χ2v) is 2.79.